The van der Waals surface area contributed by atoms with Crippen molar-refractivity contribution >= 4 is 11.8 Å². The van der Waals surface area contributed by atoms with Gasteiger partial charge < -0.3 is 0 Å². The molecule has 1 N–H and O–H groups in total. The first kappa shape index (κ1) is 6.68. The first-order valence-corrected chi connectivity index (χ1v) is 4.29. The standard InChI is InChI=1S/C6H10N2S/c1-9-3-2-6-4-7-8-5-6/h4-5H,2-3H2,1H3,(H,7,8). The lowest BCUT2D eigenvalue weighted by Gasteiger charge is -1.89. The van der Waals surface area contributed by atoms with Crippen LogP contribution in [0, 0.1) is 0 Å². The van der Waals surface area contributed by atoms with Gasteiger partial charge in [0.25, 0.3) is 0 Å². The van der Waals surface area contributed by atoms with E-state index in [2.05, 4.69) is 16.5 Å². The van der Waals surface area contributed by atoms with Crippen LogP contribution >= 0.6 is 11.8 Å². The van der Waals surface area contributed by atoms with Crippen LogP contribution in [-0.4, -0.2) is 22.2 Å². The van der Waals surface area contributed by atoms with Crippen molar-refractivity contribution < 1.29 is 0 Å². The zero-order valence-electron chi connectivity index (χ0n) is 5.42. The minimum absolute atomic E-state index is 1.12. The molecule has 1 aromatic heterocycles. The predicted octanol–water partition coefficient (Wildman–Crippen LogP) is 1.32. The Morgan fingerprint density at radius 1 is 1.78 bits per heavy atom. The SMILES string of the molecule is CSCCc1cn[nH]c1. The quantitative estimate of drug-likeness (QED) is 0.689. The predicted molar refractivity (Wildman–Crippen MR) is 40.7 cm³/mol. The first-order chi connectivity index (χ1) is 4.43. The summed E-state index contributed by atoms with van der Waals surface area (Å²) in [4.78, 5) is 0. The summed E-state index contributed by atoms with van der Waals surface area (Å²) >= 11 is 1.86. The van der Waals surface area contributed by atoms with Crippen molar-refractivity contribution in [1.29, 1.82) is 0 Å². The topological polar surface area (TPSA) is 28.7 Å². The van der Waals surface area contributed by atoms with Gasteiger partial charge in [0.15, 0.2) is 0 Å². The van der Waals surface area contributed by atoms with Crippen molar-refractivity contribution in [2.75, 3.05) is 12.0 Å². The van der Waals surface area contributed by atoms with Crippen LogP contribution in [0.15, 0.2) is 12.4 Å². The fourth-order valence-corrected chi connectivity index (χ4v) is 1.07. The van der Waals surface area contributed by atoms with E-state index >= 15 is 0 Å². The lowest BCUT2D eigenvalue weighted by molar-refractivity contribution is 1.09. The Labute approximate surface area is 59.0 Å². The Morgan fingerprint density at radius 3 is 3.22 bits per heavy atom. The average molecular weight is 142 g/mol. The number of nitrogens with zero attached hydrogens (tertiary/aromatic N) is 1. The van der Waals surface area contributed by atoms with Crippen LogP contribution in [0.5, 0.6) is 0 Å². The number of thioether (sulfide) groups is 1. The summed E-state index contributed by atoms with van der Waals surface area (Å²) in [6, 6.07) is 0. The summed E-state index contributed by atoms with van der Waals surface area (Å²) in [5.41, 5.74) is 1.30. The molecule has 0 aliphatic carbocycles. The fourth-order valence-electron chi connectivity index (χ4n) is 0.634. The molecule has 0 bridgehead atoms. The molecule has 9 heavy (non-hydrogen) atoms. The van der Waals surface area contributed by atoms with E-state index in [1.54, 1.807) is 0 Å². The molecule has 1 heterocycles. The first-order valence-electron chi connectivity index (χ1n) is 2.90. The van der Waals surface area contributed by atoms with Gasteiger partial charge in [-0.25, -0.2) is 0 Å². The van der Waals surface area contributed by atoms with Crippen LogP contribution in [-0.2, 0) is 6.42 Å². The van der Waals surface area contributed by atoms with Gasteiger partial charge in [-0.15, -0.1) is 0 Å². The minimum Gasteiger partial charge on any atom is -0.285 e. The third-order valence-corrected chi connectivity index (χ3v) is 1.76. The van der Waals surface area contributed by atoms with E-state index in [-0.39, 0.29) is 0 Å². The average Bonchev–Trinajstić information content (AvgIpc) is 2.34. The van der Waals surface area contributed by atoms with Gasteiger partial charge in [-0.3, -0.25) is 5.10 Å². The largest absolute Gasteiger partial charge is 0.285 e. The lowest BCUT2D eigenvalue weighted by atomic mass is 10.3. The summed E-state index contributed by atoms with van der Waals surface area (Å²) in [5, 5.41) is 6.62. The van der Waals surface area contributed by atoms with E-state index in [4.69, 9.17) is 0 Å². The maximum atomic E-state index is 3.84. The van der Waals surface area contributed by atoms with E-state index in [0.717, 1.165) is 6.42 Å². The number of H-pyrrole nitrogens is 1. The number of hydrogen-bond donors (Lipinski definition) is 1. The van der Waals surface area contributed by atoms with Crippen molar-refractivity contribution in [3.05, 3.63) is 18.0 Å². The molecule has 50 valence electrons. The van der Waals surface area contributed by atoms with E-state index in [0.29, 0.717) is 0 Å². The molecule has 0 atom stereocenters. The molecule has 2 nitrogen and oxygen atoms in total. The molecule has 0 amide bonds. The van der Waals surface area contributed by atoms with Crippen molar-refractivity contribution in [2.45, 2.75) is 6.42 Å². The Kier molecular flexibility index (Phi) is 2.64. The second-order valence-corrected chi connectivity index (χ2v) is 2.83. The summed E-state index contributed by atoms with van der Waals surface area (Å²) in [7, 11) is 0. The zero-order chi connectivity index (χ0) is 6.53. The molecule has 1 aromatic rings. The van der Waals surface area contributed by atoms with E-state index in [9.17, 15) is 0 Å². The molecule has 0 unspecified atom stereocenters. The second kappa shape index (κ2) is 3.56. The molecule has 0 aliphatic rings. The number of rotatable bonds is 3. The summed E-state index contributed by atoms with van der Waals surface area (Å²) in [6.45, 7) is 0. The van der Waals surface area contributed by atoms with E-state index in [1.165, 1.54) is 11.3 Å². The van der Waals surface area contributed by atoms with Gasteiger partial charge in [0.2, 0.25) is 0 Å². The molecule has 0 aliphatic heterocycles. The highest BCUT2D eigenvalue weighted by molar-refractivity contribution is 7.98. The monoisotopic (exact) mass is 142 g/mol. The van der Waals surface area contributed by atoms with Crippen LogP contribution in [0.25, 0.3) is 0 Å². The number of aromatic nitrogens is 2. The van der Waals surface area contributed by atoms with Crippen LogP contribution in [0.3, 0.4) is 0 Å². The van der Waals surface area contributed by atoms with Gasteiger partial charge in [0.05, 0.1) is 6.20 Å². The maximum Gasteiger partial charge on any atom is 0.0519 e. The van der Waals surface area contributed by atoms with Crippen molar-refractivity contribution in [2.24, 2.45) is 0 Å². The third-order valence-electron chi connectivity index (χ3n) is 1.15. The molecular weight excluding hydrogens is 132 g/mol. The van der Waals surface area contributed by atoms with Gasteiger partial charge in [0.1, 0.15) is 0 Å². The fraction of sp³-hybridized carbons (Fsp3) is 0.500. The molecule has 0 saturated heterocycles. The molecule has 0 saturated carbocycles. The minimum atomic E-state index is 1.12. The van der Waals surface area contributed by atoms with Crippen LogP contribution in [0.2, 0.25) is 0 Å². The molecular formula is C6H10N2S. The van der Waals surface area contributed by atoms with Gasteiger partial charge in [0, 0.05) is 6.20 Å². The van der Waals surface area contributed by atoms with Crippen LogP contribution in [0.1, 0.15) is 5.56 Å². The number of hydrogen-bond acceptors (Lipinski definition) is 2. The van der Waals surface area contributed by atoms with Crippen LogP contribution < -0.4 is 0 Å². The summed E-state index contributed by atoms with van der Waals surface area (Å²) in [5.74, 6) is 1.18. The lowest BCUT2D eigenvalue weighted by Crippen LogP contribution is -1.82. The number of nitrogens with one attached hydrogen (secondary N) is 1. The summed E-state index contributed by atoms with van der Waals surface area (Å²) < 4.78 is 0. The number of aryl methyl sites for hydroxylation is 1. The molecule has 3 heteroatoms. The van der Waals surface area contributed by atoms with Crippen molar-refractivity contribution in [1.82, 2.24) is 10.2 Å². The normalized spacial score (nSPS) is 9.89. The van der Waals surface area contributed by atoms with Crippen LogP contribution in [0.4, 0.5) is 0 Å². The highest BCUT2D eigenvalue weighted by Gasteiger charge is 1.90. The zero-order valence-corrected chi connectivity index (χ0v) is 6.24. The Morgan fingerprint density at radius 2 is 2.67 bits per heavy atom. The number of aromatic amines is 1. The Balaban J connectivity index is 2.30. The van der Waals surface area contributed by atoms with E-state index in [1.807, 2.05) is 24.2 Å². The van der Waals surface area contributed by atoms with Gasteiger partial charge in [-0.2, -0.15) is 16.9 Å². The van der Waals surface area contributed by atoms with Crippen molar-refractivity contribution in [3.8, 4) is 0 Å². The third kappa shape index (κ3) is 2.10. The molecule has 1 rings (SSSR count). The Bertz CT molecular complexity index is 148. The van der Waals surface area contributed by atoms with Gasteiger partial charge >= 0.3 is 0 Å². The molecule has 0 fully saturated rings. The highest BCUT2D eigenvalue weighted by atomic mass is 32.2. The highest BCUT2D eigenvalue weighted by Crippen LogP contribution is 2.00. The van der Waals surface area contributed by atoms with Gasteiger partial charge in [-0.05, 0) is 24.0 Å². The van der Waals surface area contributed by atoms with Crippen molar-refractivity contribution in [3.63, 3.8) is 0 Å². The molecule has 0 spiro atoms. The maximum absolute atomic E-state index is 3.84. The van der Waals surface area contributed by atoms with Gasteiger partial charge in [-0.1, -0.05) is 0 Å². The smallest absolute Gasteiger partial charge is 0.0519 e. The molecule has 0 aromatic carbocycles. The summed E-state index contributed by atoms with van der Waals surface area (Å²) in [6.07, 6.45) is 7.05. The van der Waals surface area contributed by atoms with E-state index < -0.39 is 0 Å². The Hall–Kier alpha value is -0.440. The second-order valence-electron chi connectivity index (χ2n) is 1.85. The molecule has 0 radical (unpaired) electrons.